The van der Waals surface area contributed by atoms with Crippen LogP contribution in [0.2, 0.25) is 0 Å². The number of halogens is 1. The largest absolute Gasteiger partial charge is 0.482 e. The fraction of sp³-hybridized carbons (Fsp3) is 0.0714. The molecule has 1 heterocycles. The summed E-state index contributed by atoms with van der Waals surface area (Å²) in [6.07, 6.45) is 2.56. The summed E-state index contributed by atoms with van der Waals surface area (Å²) in [7, 11) is 0. The maximum Gasteiger partial charge on any atom is 0.337 e. The number of pyridine rings is 1. The van der Waals surface area contributed by atoms with Crippen LogP contribution < -0.4 is 10.1 Å². The van der Waals surface area contributed by atoms with Gasteiger partial charge in [0, 0.05) is 15.5 Å². The van der Waals surface area contributed by atoms with Crippen LogP contribution in [-0.4, -0.2) is 28.6 Å². The molecule has 2 N–H and O–H groups in total. The quantitative estimate of drug-likeness (QED) is 0.756. The molecule has 0 aliphatic heterocycles. The molecule has 1 amide bonds. The minimum atomic E-state index is -1.10. The molecule has 7 heteroatoms. The molecule has 0 spiro atoms. The summed E-state index contributed by atoms with van der Waals surface area (Å²) in [6, 6.07) is 8.65. The van der Waals surface area contributed by atoms with Crippen LogP contribution in [0.3, 0.4) is 0 Å². The smallest absolute Gasteiger partial charge is 0.337 e. The molecule has 2 rings (SSSR count). The van der Waals surface area contributed by atoms with Gasteiger partial charge in [0.1, 0.15) is 5.75 Å². The minimum absolute atomic E-state index is 0.00511. The van der Waals surface area contributed by atoms with Crippen LogP contribution in [0.15, 0.2) is 42.7 Å². The Morgan fingerprint density at radius 2 is 2.10 bits per heavy atom. The van der Waals surface area contributed by atoms with Gasteiger partial charge in [0.15, 0.2) is 6.61 Å². The van der Waals surface area contributed by atoms with E-state index >= 15 is 0 Å². The lowest BCUT2D eigenvalue weighted by molar-refractivity contribution is -0.118. The Kier molecular flexibility index (Phi) is 5.09. The van der Waals surface area contributed by atoms with Gasteiger partial charge in [0.05, 0.1) is 11.8 Å². The topological polar surface area (TPSA) is 88.5 Å². The standard InChI is InChI=1S/C14H11IN2O4/c15-10-2-1-3-11(5-10)17-13(18)8-21-12-4-9(14(19)20)6-16-7-12/h1-7H,8H2,(H,17,18)(H,19,20). The summed E-state index contributed by atoms with van der Waals surface area (Å²) in [5, 5.41) is 11.5. The van der Waals surface area contributed by atoms with Crippen molar-refractivity contribution in [3.05, 3.63) is 51.9 Å². The zero-order valence-electron chi connectivity index (χ0n) is 10.7. The van der Waals surface area contributed by atoms with E-state index in [2.05, 4.69) is 32.9 Å². The predicted molar refractivity (Wildman–Crippen MR) is 84.5 cm³/mol. The van der Waals surface area contributed by atoms with Crippen LogP contribution in [0.25, 0.3) is 0 Å². The fourth-order valence-electron chi connectivity index (χ4n) is 1.53. The van der Waals surface area contributed by atoms with E-state index in [1.54, 1.807) is 6.07 Å². The van der Waals surface area contributed by atoms with E-state index in [9.17, 15) is 9.59 Å². The number of hydrogen-bond donors (Lipinski definition) is 2. The number of carbonyl (C=O) groups is 2. The van der Waals surface area contributed by atoms with E-state index in [-0.39, 0.29) is 23.8 Å². The number of aromatic nitrogens is 1. The Morgan fingerprint density at radius 1 is 1.29 bits per heavy atom. The van der Waals surface area contributed by atoms with Crippen molar-refractivity contribution < 1.29 is 19.4 Å². The highest BCUT2D eigenvalue weighted by Gasteiger charge is 2.07. The first-order chi connectivity index (χ1) is 10.0. The van der Waals surface area contributed by atoms with Crippen molar-refractivity contribution in [3.8, 4) is 5.75 Å². The maximum absolute atomic E-state index is 11.7. The summed E-state index contributed by atoms with van der Waals surface area (Å²) in [5.41, 5.74) is 0.679. The van der Waals surface area contributed by atoms with Crippen molar-refractivity contribution in [2.45, 2.75) is 0 Å². The molecule has 0 radical (unpaired) electrons. The highest BCUT2D eigenvalue weighted by molar-refractivity contribution is 14.1. The summed E-state index contributed by atoms with van der Waals surface area (Å²) >= 11 is 2.15. The molecule has 2 aromatic rings. The third kappa shape index (κ3) is 4.71. The Hall–Kier alpha value is -2.16. The van der Waals surface area contributed by atoms with Gasteiger partial charge in [-0.25, -0.2) is 4.79 Å². The van der Waals surface area contributed by atoms with Gasteiger partial charge in [0.25, 0.3) is 5.91 Å². The number of benzene rings is 1. The van der Waals surface area contributed by atoms with Crippen molar-refractivity contribution in [2.75, 3.05) is 11.9 Å². The van der Waals surface area contributed by atoms with E-state index in [0.29, 0.717) is 5.69 Å². The number of carboxylic acids is 1. The molecule has 1 aromatic carbocycles. The van der Waals surface area contributed by atoms with Gasteiger partial charge in [-0.3, -0.25) is 9.78 Å². The summed E-state index contributed by atoms with van der Waals surface area (Å²) in [5.74, 6) is -1.21. The predicted octanol–water partition coefficient (Wildman–Crippen LogP) is 2.40. The molecule has 0 atom stereocenters. The molecule has 1 aromatic heterocycles. The highest BCUT2D eigenvalue weighted by Crippen LogP contribution is 2.13. The molecule has 108 valence electrons. The van der Waals surface area contributed by atoms with Gasteiger partial charge in [0.2, 0.25) is 0 Å². The number of rotatable bonds is 5. The van der Waals surface area contributed by atoms with Crippen LogP contribution in [-0.2, 0) is 4.79 Å². The molecular formula is C14H11IN2O4. The zero-order valence-corrected chi connectivity index (χ0v) is 12.9. The van der Waals surface area contributed by atoms with E-state index < -0.39 is 5.97 Å². The van der Waals surface area contributed by atoms with Crippen molar-refractivity contribution >= 4 is 40.2 Å². The number of carboxylic acid groups (broad SMARTS) is 1. The zero-order chi connectivity index (χ0) is 15.2. The Labute approximate surface area is 134 Å². The SMILES string of the molecule is O=C(COc1cncc(C(=O)O)c1)Nc1cccc(I)c1. The molecule has 0 saturated heterocycles. The molecule has 0 saturated carbocycles. The summed E-state index contributed by atoms with van der Waals surface area (Å²) in [6.45, 7) is -0.226. The van der Waals surface area contributed by atoms with E-state index in [1.165, 1.54) is 18.5 Å². The van der Waals surface area contributed by atoms with E-state index in [0.717, 1.165) is 3.57 Å². The van der Waals surface area contributed by atoms with Crippen molar-refractivity contribution in [3.63, 3.8) is 0 Å². The average molecular weight is 398 g/mol. The van der Waals surface area contributed by atoms with Crippen molar-refractivity contribution in [2.24, 2.45) is 0 Å². The van der Waals surface area contributed by atoms with E-state index in [4.69, 9.17) is 9.84 Å². The number of nitrogens with zero attached hydrogens (tertiary/aromatic N) is 1. The number of amides is 1. The molecule has 6 nitrogen and oxygen atoms in total. The van der Waals surface area contributed by atoms with Gasteiger partial charge < -0.3 is 15.2 Å². The third-order valence-electron chi connectivity index (χ3n) is 2.44. The number of nitrogens with one attached hydrogen (secondary N) is 1. The van der Waals surface area contributed by atoms with Crippen LogP contribution in [0, 0.1) is 3.57 Å². The fourth-order valence-corrected chi connectivity index (χ4v) is 2.07. The highest BCUT2D eigenvalue weighted by atomic mass is 127. The second-order valence-electron chi connectivity index (χ2n) is 4.06. The summed E-state index contributed by atoms with van der Waals surface area (Å²) < 4.78 is 6.23. The molecule has 0 bridgehead atoms. The molecule has 21 heavy (non-hydrogen) atoms. The monoisotopic (exact) mass is 398 g/mol. The van der Waals surface area contributed by atoms with Gasteiger partial charge >= 0.3 is 5.97 Å². The molecule has 0 aliphatic carbocycles. The Balaban J connectivity index is 1.92. The van der Waals surface area contributed by atoms with Gasteiger partial charge in [-0.2, -0.15) is 0 Å². The second-order valence-corrected chi connectivity index (χ2v) is 5.31. The lowest BCUT2D eigenvalue weighted by Crippen LogP contribution is -2.20. The summed E-state index contributed by atoms with van der Waals surface area (Å²) in [4.78, 5) is 26.3. The van der Waals surface area contributed by atoms with Crippen LogP contribution in [0.5, 0.6) is 5.75 Å². The molecule has 0 aliphatic rings. The van der Waals surface area contributed by atoms with Crippen LogP contribution in [0.1, 0.15) is 10.4 Å². The Morgan fingerprint density at radius 3 is 2.81 bits per heavy atom. The average Bonchev–Trinajstić information content (AvgIpc) is 2.45. The third-order valence-corrected chi connectivity index (χ3v) is 3.11. The number of aromatic carboxylic acids is 1. The first-order valence-corrected chi connectivity index (χ1v) is 6.99. The lowest BCUT2D eigenvalue weighted by atomic mass is 10.3. The number of carbonyl (C=O) groups excluding carboxylic acids is 1. The van der Waals surface area contributed by atoms with Crippen molar-refractivity contribution in [1.29, 1.82) is 0 Å². The molecular weight excluding hydrogens is 387 g/mol. The van der Waals surface area contributed by atoms with Gasteiger partial charge in [-0.05, 0) is 46.9 Å². The Bertz CT molecular complexity index is 676. The number of anilines is 1. The van der Waals surface area contributed by atoms with Crippen LogP contribution in [0.4, 0.5) is 5.69 Å². The van der Waals surface area contributed by atoms with Gasteiger partial charge in [-0.15, -0.1) is 0 Å². The maximum atomic E-state index is 11.7. The number of ether oxygens (including phenoxy) is 1. The lowest BCUT2D eigenvalue weighted by Gasteiger charge is -2.08. The first kappa shape index (κ1) is 15.2. The van der Waals surface area contributed by atoms with Gasteiger partial charge in [-0.1, -0.05) is 6.07 Å². The van der Waals surface area contributed by atoms with Crippen molar-refractivity contribution in [1.82, 2.24) is 4.98 Å². The number of hydrogen-bond acceptors (Lipinski definition) is 4. The molecule has 0 fully saturated rings. The van der Waals surface area contributed by atoms with Crippen LogP contribution >= 0.6 is 22.6 Å². The van der Waals surface area contributed by atoms with E-state index in [1.807, 2.05) is 18.2 Å². The first-order valence-electron chi connectivity index (χ1n) is 5.91. The normalized spacial score (nSPS) is 9.95. The minimum Gasteiger partial charge on any atom is -0.482 e. The molecule has 0 unspecified atom stereocenters. The second kappa shape index (κ2) is 7.02.